The molecule has 24 heavy (non-hydrogen) atoms. The molecule has 1 aliphatic heterocycles. The minimum atomic E-state index is -0.553. The minimum Gasteiger partial charge on any atom is -0.387 e. The minimum absolute atomic E-state index is 0.128. The van der Waals surface area contributed by atoms with E-state index in [2.05, 4.69) is 21.2 Å². The molecule has 0 radical (unpaired) electrons. The van der Waals surface area contributed by atoms with E-state index in [0.717, 1.165) is 44.6 Å². The van der Waals surface area contributed by atoms with Crippen LogP contribution in [0.5, 0.6) is 0 Å². The van der Waals surface area contributed by atoms with Gasteiger partial charge in [-0.3, -0.25) is 14.6 Å². The van der Waals surface area contributed by atoms with Crippen LogP contribution in [0.4, 0.5) is 0 Å². The summed E-state index contributed by atoms with van der Waals surface area (Å²) in [6.45, 7) is 4.45. The van der Waals surface area contributed by atoms with Gasteiger partial charge in [0.05, 0.1) is 24.3 Å². The molecule has 128 valence electrons. The van der Waals surface area contributed by atoms with Crippen molar-refractivity contribution in [2.75, 3.05) is 39.3 Å². The van der Waals surface area contributed by atoms with Crippen LogP contribution in [0.25, 0.3) is 0 Å². The standard InChI is InChI=1S/C18H24N4O2/c19-11-14-1-3-15(4-2-14)17(23)12-21-7-9-22(10-8-21)13-18(24)20-16-5-6-16/h1-4,16-17,23H,5-10,12-13H2,(H,20,24). The highest BCUT2D eigenvalue weighted by atomic mass is 16.3. The van der Waals surface area contributed by atoms with Crippen LogP contribution in [0.2, 0.25) is 0 Å². The van der Waals surface area contributed by atoms with Crippen LogP contribution in [-0.4, -0.2) is 66.1 Å². The van der Waals surface area contributed by atoms with Gasteiger partial charge in [-0.05, 0) is 30.5 Å². The molecule has 6 nitrogen and oxygen atoms in total. The highest BCUT2D eigenvalue weighted by molar-refractivity contribution is 5.78. The zero-order valence-corrected chi connectivity index (χ0v) is 13.8. The Kier molecular flexibility index (Phi) is 5.46. The Morgan fingerprint density at radius 3 is 2.42 bits per heavy atom. The Bertz CT molecular complexity index is 598. The zero-order chi connectivity index (χ0) is 16.9. The SMILES string of the molecule is N#Cc1ccc(C(O)CN2CCN(CC(=O)NC3CC3)CC2)cc1. The number of nitrogens with zero attached hydrogens (tertiary/aromatic N) is 3. The predicted molar refractivity (Wildman–Crippen MR) is 90.2 cm³/mol. The summed E-state index contributed by atoms with van der Waals surface area (Å²) in [5.74, 6) is 0.128. The third-order valence-electron chi connectivity index (χ3n) is 4.63. The largest absolute Gasteiger partial charge is 0.387 e. The maximum absolute atomic E-state index is 11.8. The summed E-state index contributed by atoms with van der Waals surface area (Å²) < 4.78 is 0. The molecule has 1 amide bonds. The fourth-order valence-corrected chi connectivity index (χ4v) is 2.96. The van der Waals surface area contributed by atoms with Crippen LogP contribution in [0.3, 0.4) is 0 Å². The molecule has 3 rings (SSSR count). The van der Waals surface area contributed by atoms with Gasteiger partial charge in [0.1, 0.15) is 0 Å². The summed E-state index contributed by atoms with van der Waals surface area (Å²) in [6.07, 6.45) is 1.68. The second-order valence-corrected chi connectivity index (χ2v) is 6.67. The molecule has 2 aliphatic rings. The van der Waals surface area contributed by atoms with Crippen LogP contribution >= 0.6 is 0 Å². The van der Waals surface area contributed by atoms with E-state index in [1.807, 2.05) is 12.1 Å². The number of benzene rings is 1. The van der Waals surface area contributed by atoms with E-state index in [-0.39, 0.29) is 5.91 Å². The Balaban J connectivity index is 1.41. The number of carbonyl (C=O) groups excluding carboxylic acids is 1. The quantitative estimate of drug-likeness (QED) is 0.794. The molecule has 1 unspecified atom stereocenters. The molecule has 1 heterocycles. The number of hydrogen-bond donors (Lipinski definition) is 2. The Morgan fingerprint density at radius 1 is 1.21 bits per heavy atom. The van der Waals surface area contributed by atoms with Gasteiger partial charge in [-0.1, -0.05) is 12.1 Å². The normalized spacial score (nSPS) is 20.3. The van der Waals surface area contributed by atoms with Gasteiger partial charge in [0.2, 0.25) is 5.91 Å². The average Bonchev–Trinajstić information content (AvgIpc) is 3.40. The Hall–Kier alpha value is -1.94. The zero-order valence-electron chi connectivity index (χ0n) is 13.8. The number of hydrogen-bond acceptors (Lipinski definition) is 5. The molecule has 1 aromatic carbocycles. The molecule has 1 atom stereocenters. The smallest absolute Gasteiger partial charge is 0.234 e. The molecule has 2 N–H and O–H groups in total. The van der Waals surface area contributed by atoms with Crippen molar-refractivity contribution in [3.8, 4) is 6.07 Å². The third kappa shape index (κ3) is 4.78. The maximum Gasteiger partial charge on any atom is 0.234 e. The molecule has 2 fully saturated rings. The second-order valence-electron chi connectivity index (χ2n) is 6.67. The lowest BCUT2D eigenvalue weighted by Crippen LogP contribution is -2.50. The lowest BCUT2D eigenvalue weighted by molar-refractivity contribution is -0.122. The number of rotatable bonds is 6. The number of nitriles is 1. The van der Waals surface area contributed by atoms with Gasteiger partial charge in [0.15, 0.2) is 0 Å². The van der Waals surface area contributed by atoms with Crippen LogP contribution in [0.15, 0.2) is 24.3 Å². The molecule has 1 aliphatic carbocycles. The van der Waals surface area contributed by atoms with E-state index in [1.54, 1.807) is 12.1 Å². The van der Waals surface area contributed by atoms with Gasteiger partial charge < -0.3 is 10.4 Å². The number of amides is 1. The first-order valence-electron chi connectivity index (χ1n) is 8.56. The fourth-order valence-electron chi connectivity index (χ4n) is 2.96. The van der Waals surface area contributed by atoms with Gasteiger partial charge >= 0.3 is 0 Å². The summed E-state index contributed by atoms with van der Waals surface area (Å²) in [7, 11) is 0. The van der Waals surface area contributed by atoms with Crippen LogP contribution in [-0.2, 0) is 4.79 Å². The van der Waals surface area contributed by atoms with Crippen molar-refractivity contribution in [2.45, 2.75) is 25.0 Å². The van der Waals surface area contributed by atoms with Crippen molar-refractivity contribution in [1.29, 1.82) is 5.26 Å². The molecule has 1 saturated heterocycles. The molecule has 6 heteroatoms. The van der Waals surface area contributed by atoms with E-state index in [4.69, 9.17) is 5.26 Å². The molecule has 0 bridgehead atoms. The number of nitrogens with one attached hydrogen (secondary N) is 1. The first-order chi connectivity index (χ1) is 11.6. The summed E-state index contributed by atoms with van der Waals surface area (Å²) in [4.78, 5) is 16.2. The van der Waals surface area contributed by atoms with Crippen molar-refractivity contribution in [2.24, 2.45) is 0 Å². The maximum atomic E-state index is 11.8. The van der Waals surface area contributed by atoms with E-state index in [1.165, 1.54) is 0 Å². The molecule has 1 aromatic rings. The van der Waals surface area contributed by atoms with E-state index < -0.39 is 6.10 Å². The summed E-state index contributed by atoms with van der Waals surface area (Å²) in [5.41, 5.74) is 1.43. The molecular formula is C18H24N4O2. The van der Waals surface area contributed by atoms with Crippen molar-refractivity contribution in [3.63, 3.8) is 0 Å². The molecule has 0 spiro atoms. The number of aliphatic hydroxyl groups is 1. The van der Waals surface area contributed by atoms with E-state index >= 15 is 0 Å². The number of aliphatic hydroxyl groups excluding tert-OH is 1. The fraction of sp³-hybridized carbons (Fsp3) is 0.556. The summed E-state index contributed by atoms with van der Waals surface area (Å²) in [6, 6.07) is 9.57. The van der Waals surface area contributed by atoms with E-state index in [9.17, 15) is 9.90 Å². The van der Waals surface area contributed by atoms with Gasteiger partial charge in [-0.25, -0.2) is 0 Å². The van der Waals surface area contributed by atoms with Crippen LogP contribution in [0, 0.1) is 11.3 Å². The van der Waals surface area contributed by atoms with Gasteiger partial charge in [0, 0.05) is 38.8 Å². The third-order valence-corrected chi connectivity index (χ3v) is 4.63. The van der Waals surface area contributed by atoms with Crippen LogP contribution in [0.1, 0.15) is 30.1 Å². The number of β-amino-alcohol motifs (C(OH)–C–C–N with tert-alkyl or cyclic N) is 1. The lowest BCUT2D eigenvalue weighted by Gasteiger charge is -2.35. The highest BCUT2D eigenvalue weighted by Gasteiger charge is 2.25. The second kappa shape index (κ2) is 7.75. The molecule has 1 saturated carbocycles. The van der Waals surface area contributed by atoms with Crippen LogP contribution < -0.4 is 5.32 Å². The summed E-state index contributed by atoms with van der Waals surface area (Å²) >= 11 is 0. The number of piperazine rings is 1. The first kappa shape index (κ1) is 16.9. The van der Waals surface area contributed by atoms with Crippen molar-refractivity contribution < 1.29 is 9.90 Å². The molecule has 0 aromatic heterocycles. The first-order valence-corrected chi connectivity index (χ1v) is 8.56. The molecular weight excluding hydrogens is 304 g/mol. The van der Waals surface area contributed by atoms with Crippen molar-refractivity contribution in [3.05, 3.63) is 35.4 Å². The van der Waals surface area contributed by atoms with Gasteiger partial charge in [0.25, 0.3) is 0 Å². The number of carbonyl (C=O) groups is 1. The monoisotopic (exact) mass is 328 g/mol. The van der Waals surface area contributed by atoms with Gasteiger partial charge in [-0.2, -0.15) is 5.26 Å². The predicted octanol–water partition coefficient (Wildman–Crippen LogP) is 0.488. The highest BCUT2D eigenvalue weighted by Crippen LogP contribution is 2.19. The Labute approximate surface area is 142 Å². The van der Waals surface area contributed by atoms with E-state index in [0.29, 0.717) is 24.7 Å². The summed E-state index contributed by atoms with van der Waals surface area (Å²) in [5, 5.41) is 22.2. The Morgan fingerprint density at radius 2 is 1.83 bits per heavy atom. The lowest BCUT2D eigenvalue weighted by atomic mass is 10.1. The topological polar surface area (TPSA) is 79.6 Å². The van der Waals surface area contributed by atoms with Crippen molar-refractivity contribution >= 4 is 5.91 Å². The average molecular weight is 328 g/mol. The van der Waals surface area contributed by atoms with Gasteiger partial charge in [-0.15, -0.1) is 0 Å². The van der Waals surface area contributed by atoms with Crippen molar-refractivity contribution in [1.82, 2.24) is 15.1 Å².